The molecule has 1 fully saturated rings. The summed E-state index contributed by atoms with van der Waals surface area (Å²) in [6.07, 6.45) is 2.12. The van der Waals surface area contributed by atoms with Crippen LogP contribution < -0.4 is 10.2 Å². The smallest absolute Gasteiger partial charge is 0.253 e. The first kappa shape index (κ1) is 16.7. The van der Waals surface area contributed by atoms with Crippen molar-refractivity contribution in [1.82, 2.24) is 5.32 Å². The third-order valence-electron chi connectivity index (χ3n) is 4.28. The first-order valence-electron chi connectivity index (χ1n) is 8.54. The number of amides is 1. The second-order valence-corrected chi connectivity index (χ2v) is 6.06. The van der Waals surface area contributed by atoms with E-state index in [9.17, 15) is 4.79 Å². The molecule has 1 amide bonds. The van der Waals surface area contributed by atoms with E-state index in [1.165, 1.54) is 0 Å². The molecule has 0 unspecified atom stereocenters. The number of carbonyl (C=O) groups is 1. The number of hydrogen-bond acceptors (Lipinski definition) is 3. The molecule has 0 aromatic heterocycles. The first-order valence-corrected chi connectivity index (χ1v) is 8.54. The molecule has 4 nitrogen and oxygen atoms in total. The summed E-state index contributed by atoms with van der Waals surface area (Å²) >= 11 is 0. The minimum atomic E-state index is 0.00332. The molecule has 1 aliphatic rings. The van der Waals surface area contributed by atoms with Gasteiger partial charge in [-0.15, -0.1) is 0 Å². The van der Waals surface area contributed by atoms with Gasteiger partial charge in [-0.1, -0.05) is 48.5 Å². The van der Waals surface area contributed by atoms with Crippen LogP contribution >= 0.6 is 0 Å². The number of hydrogen-bond donors (Lipinski definition) is 1. The minimum absolute atomic E-state index is 0.00332. The molecular formula is C20H24N2O2. The van der Waals surface area contributed by atoms with Crippen molar-refractivity contribution in [2.24, 2.45) is 0 Å². The third kappa shape index (κ3) is 4.66. The van der Waals surface area contributed by atoms with Gasteiger partial charge in [0.05, 0.1) is 12.6 Å². The SMILES string of the molecule is O=C(COC1CCNCC1)N(Cc1ccccc1)c1ccccc1. The number of nitrogens with one attached hydrogen (secondary N) is 1. The summed E-state index contributed by atoms with van der Waals surface area (Å²) in [5, 5.41) is 3.31. The number of nitrogens with zero attached hydrogens (tertiary/aromatic N) is 1. The van der Waals surface area contributed by atoms with Crippen molar-refractivity contribution in [3.8, 4) is 0 Å². The Bertz CT molecular complexity index is 625. The number of para-hydroxylation sites is 1. The van der Waals surface area contributed by atoms with Gasteiger partial charge in [0.25, 0.3) is 5.91 Å². The van der Waals surface area contributed by atoms with E-state index in [2.05, 4.69) is 5.32 Å². The first-order chi connectivity index (χ1) is 11.8. The summed E-state index contributed by atoms with van der Waals surface area (Å²) in [5.41, 5.74) is 2.01. The molecule has 0 atom stereocenters. The Labute approximate surface area is 143 Å². The van der Waals surface area contributed by atoms with Gasteiger partial charge in [0.2, 0.25) is 0 Å². The van der Waals surface area contributed by atoms with Gasteiger partial charge in [0.1, 0.15) is 6.61 Å². The van der Waals surface area contributed by atoms with E-state index in [1.54, 1.807) is 4.90 Å². The molecule has 126 valence electrons. The Morgan fingerprint density at radius 1 is 1.00 bits per heavy atom. The van der Waals surface area contributed by atoms with Crippen LogP contribution in [0.5, 0.6) is 0 Å². The van der Waals surface area contributed by atoms with Gasteiger partial charge in [-0.2, -0.15) is 0 Å². The fourth-order valence-electron chi connectivity index (χ4n) is 2.93. The standard InChI is InChI=1S/C20H24N2O2/c23-20(16-24-19-11-13-21-14-12-19)22(18-9-5-2-6-10-18)15-17-7-3-1-4-8-17/h1-10,19,21H,11-16H2. The Balaban J connectivity index is 1.67. The van der Waals surface area contributed by atoms with Crippen LogP contribution in [0.1, 0.15) is 18.4 Å². The maximum Gasteiger partial charge on any atom is 0.253 e. The summed E-state index contributed by atoms with van der Waals surface area (Å²) in [5.74, 6) is 0.00332. The van der Waals surface area contributed by atoms with E-state index >= 15 is 0 Å². The van der Waals surface area contributed by atoms with Crippen molar-refractivity contribution in [3.63, 3.8) is 0 Å². The summed E-state index contributed by atoms with van der Waals surface area (Å²) in [4.78, 5) is 14.6. The van der Waals surface area contributed by atoms with Crippen molar-refractivity contribution >= 4 is 11.6 Å². The average molecular weight is 324 g/mol. The molecule has 0 aliphatic carbocycles. The van der Waals surface area contributed by atoms with Gasteiger partial charge in [-0.05, 0) is 43.6 Å². The van der Waals surface area contributed by atoms with E-state index in [0.29, 0.717) is 6.54 Å². The molecule has 1 aliphatic heterocycles. The number of rotatable bonds is 6. The highest BCUT2D eigenvalue weighted by atomic mass is 16.5. The zero-order valence-electron chi connectivity index (χ0n) is 13.9. The fraction of sp³-hybridized carbons (Fsp3) is 0.350. The van der Waals surface area contributed by atoms with Crippen LogP contribution in [-0.4, -0.2) is 31.7 Å². The topological polar surface area (TPSA) is 41.6 Å². The van der Waals surface area contributed by atoms with Crippen molar-refractivity contribution < 1.29 is 9.53 Å². The molecule has 3 rings (SSSR count). The Kier molecular flexibility index (Phi) is 5.99. The van der Waals surface area contributed by atoms with Gasteiger partial charge in [0, 0.05) is 5.69 Å². The second kappa shape index (κ2) is 8.62. The zero-order valence-corrected chi connectivity index (χ0v) is 13.9. The van der Waals surface area contributed by atoms with Crippen LogP contribution in [-0.2, 0) is 16.1 Å². The lowest BCUT2D eigenvalue weighted by molar-refractivity contribution is -0.125. The molecule has 2 aromatic carbocycles. The van der Waals surface area contributed by atoms with Crippen LogP contribution in [0.4, 0.5) is 5.69 Å². The lowest BCUT2D eigenvalue weighted by Gasteiger charge is -2.26. The molecule has 0 radical (unpaired) electrons. The summed E-state index contributed by atoms with van der Waals surface area (Å²) in [6, 6.07) is 19.8. The molecule has 0 spiro atoms. The van der Waals surface area contributed by atoms with E-state index in [0.717, 1.165) is 37.2 Å². The fourth-order valence-corrected chi connectivity index (χ4v) is 2.93. The normalized spacial score (nSPS) is 15.2. The number of anilines is 1. The zero-order chi connectivity index (χ0) is 16.6. The summed E-state index contributed by atoms with van der Waals surface area (Å²) in [7, 11) is 0. The predicted molar refractivity (Wildman–Crippen MR) is 95.9 cm³/mol. The van der Waals surface area contributed by atoms with Crippen LogP contribution in [0.3, 0.4) is 0 Å². The monoisotopic (exact) mass is 324 g/mol. The van der Waals surface area contributed by atoms with Crippen molar-refractivity contribution in [1.29, 1.82) is 0 Å². The van der Waals surface area contributed by atoms with Crippen LogP contribution in [0, 0.1) is 0 Å². The average Bonchev–Trinajstić information content (AvgIpc) is 2.66. The van der Waals surface area contributed by atoms with Crippen LogP contribution in [0.2, 0.25) is 0 Å². The molecular weight excluding hydrogens is 300 g/mol. The van der Waals surface area contributed by atoms with Gasteiger partial charge in [-0.25, -0.2) is 0 Å². The van der Waals surface area contributed by atoms with E-state index in [4.69, 9.17) is 4.74 Å². The summed E-state index contributed by atoms with van der Waals surface area (Å²) in [6.45, 7) is 2.61. The van der Waals surface area contributed by atoms with E-state index in [-0.39, 0.29) is 18.6 Å². The molecule has 1 N–H and O–H groups in total. The van der Waals surface area contributed by atoms with Gasteiger partial charge < -0.3 is 15.0 Å². The highest BCUT2D eigenvalue weighted by Crippen LogP contribution is 2.18. The molecule has 4 heteroatoms. The Hall–Kier alpha value is -2.17. The predicted octanol–water partition coefficient (Wildman–Crippen LogP) is 2.99. The number of benzene rings is 2. The largest absolute Gasteiger partial charge is 0.368 e. The maximum absolute atomic E-state index is 12.8. The van der Waals surface area contributed by atoms with Crippen molar-refractivity contribution in [3.05, 3.63) is 66.2 Å². The molecule has 24 heavy (non-hydrogen) atoms. The lowest BCUT2D eigenvalue weighted by Crippen LogP contribution is -2.37. The Morgan fingerprint density at radius 3 is 2.29 bits per heavy atom. The van der Waals surface area contributed by atoms with Gasteiger partial charge in [-0.3, -0.25) is 4.79 Å². The summed E-state index contributed by atoms with van der Waals surface area (Å²) < 4.78 is 5.85. The molecule has 2 aromatic rings. The highest BCUT2D eigenvalue weighted by Gasteiger charge is 2.19. The molecule has 0 saturated carbocycles. The van der Waals surface area contributed by atoms with Crippen LogP contribution in [0.15, 0.2) is 60.7 Å². The molecule has 0 bridgehead atoms. The number of ether oxygens (including phenoxy) is 1. The van der Waals surface area contributed by atoms with E-state index < -0.39 is 0 Å². The Morgan fingerprint density at radius 2 is 1.62 bits per heavy atom. The van der Waals surface area contributed by atoms with E-state index in [1.807, 2.05) is 60.7 Å². The molecule has 1 heterocycles. The minimum Gasteiger partial charge on any atom is -0.368 e. The highest BCUT2D eigenvalue weighted by molar-refractivity contribution is 5.94. The number of carbonyl (C=O) groups excluding carboxylic acids is 1. The van der Waals surface area contributed by atoms with Crippen molar-refractivity contribution in [2.75, 3.05) is 24.6 Å². The quantitative estimate of drug-likeness (QED) is 0.888. The lowest BCUT2D eigenvalue weighted by atomic mass is 10.1. The third-order valence-corrected chi connectivity index (χ3v) is 4.28. The maximum atomic E-state index is 12.8. The van der Waals surface area contributed by atoms with Crippen molar-refractivity contribution in [2.45, 2.75) is 25.5 Å². The van der Waals surface area contributed by atoms with Crippen LogP contribution in [0.25, 0.3) is 0 Å². The van der Waals surface area contributed by atoms with Gasteiger partial charge in [0.15, 0.2) is 0 Å². The number of piperidine rings is 1. The van der Waals surface area contributed by atoms with Gasteiger partial charge >= 0.3 is 0 Å². The molecule has 1 saturated heterocycles. The second-order valence-electron chi connectivity index (χ2n) is 6.06.